The fraction of sp³-hybridized carbons (Fsp3) is 0.674. The van der Waals surface area contributed by atoms with E-state index in [1.54, 1.807) is 20.8 Å². The molecule has 614 valence electrons. The highest BCUT2D eigenvalue weighted by Gasteiger charge is 2.30. The summed E-state index contributed by atoms with van der Waals surface area (Å²) in [6.45, 7) is 58.5. The Labute approximate surface area is 655 Å². The summed E-state index contributed by atoms with van der Waals surface area (Å²) >= 11 is 0. The van der Waals surface area contributed by atoms with E-state index in [2.05, 4.69) is 177 Å². The van der Waals surface area contributed by atoms with E-state index in [9.17, 15) is 49.2 Å². The van der Waals surface area contributed by atoms with Crippen molar-refractivity contribution in [3.8, 4) is 23.0 Å². The highest BCUT2D eigenvalue weighted by molar-refractivity contribution is 5.76. The Hall–Kier alpha value is -7.10. The van der Waals surface area contributed by atoms with E-state index in [1.165, 1.54) is 37.7 Å². The van der Waals surface area contributed by atoms with E-state index in [0.717, 1.165) is 138 Å². The SMILES string of the molecule is CCC(=O)NCCCCCCNC(=O)CCc1cc(C(C)(C)C)c(O)c(C(C)(C)C)c1.CCC(=O)OCCCCCCOC(=O)CCc1cc(C(C)(C)C)c(O)c(C(C)(C)C)c1.CCCCCCCCOC(=O)CC.CCOC(=O)CC.Cc1cc(Cc2cc(C(C)(C)C)c(O)c(C(C)(C)C)c2)c(C)c(O)c1C. The van der Waals surface area contributed by atoms with Crippen molar-refractivity contribution in [3.05, 3.63) is 115 Å². The third-order valence-corrected chi connectivity index (χ3v) is 18.8. The van der Waals surface area contributed by atoms with Crippen LogP contribution in [0.25, 0.3) is 0 Å². The van der Waals surface area contributed by atoms with Gasteiger partial charge in [-0.1, -0.05) is 247 Å². The maximum absolute atomic E-state index is 12.3. The summed E-state index contributed by atoms with van der Waals surface area (Å²) in [7, 11) is 0. The summed E-state index contributed by atoms with van der Waals surface area (Å²) in [6.07, 6.45) is 19.7. The Morgan fingerprint density at radius 3 is 0.963 bits per heavy atom. The van der Waals surface area contributed by atoms with Crippen molar-refractivity contribution < 1.29 is 68.1 Å². The van der Waals surface area contributed by atoms with Gasteiger partial charge in [0.1, 0.15) is 23.0 Å². The molecule has 0 bridgehead atoms. The summed E-state index contributed by atoms with van der Waals surface area (Å²) in [5.41, 5.74) is 12.1. The minimum Gasteiger partial charge on any atom is -0.507 e. The summed E-state index contributed by atoms with van der Waals surface area (Å²) < 4.78 is 19.9. The van der Waals surface area contributed by atoms with Gasteiger partial charge < -0.3 is 50.0 Å². The maximum atomic E-state index is 12.3. The van der Waals surface area contributed by atoms with Gasteiger partial charge in [0.05, 0.1) is 26.4 Å². The van der Waals surface area contributed by atoms with Gasteiger partial charge in [0.2, 0.25) is 11.8 Å². The van der Waals surface area contributed by atoms with Crippen molar-refractivity contribution in [2.75, 3.05) is 39.5 Å². The molecule has 0 spiro atoms. The molecule has 0 heterocycles. The third kappa shape index (κ3) is 40.5. The zero-order chi connectivity index (χ0) is 83.0. The van der Waals surface area contributed by atoms with E-state index in [0.29, 0.717) is 107 Å². The normalized spacial score (nSPS) is 11.6. The molecule has 0 aromatic heterocycles. The standard InChI is InChI=1S/C26H44N2O3.C26H42O5.C24H34O2.C11H22O2.C5H10O2/c1-8-22(29)27-15-11-9-10-12-16-28-23(30)14-13-19-17-20(25(2,3)4)24(31)21(18-19)26(5,6)7;1-8-22(27)30-15-11-9-10-12-16-31-23(28)14-13-19-17-20(25(2,3)4)24(29)21(18-19)26(5,6)7;1-14-10-18(16(3)21(25)15(14)2)11-17-12-19(23(4,5)6)22(26)20(13-17)24(7,8)9;1-3-5-6-7-8-9-10-13-11(12)4-2;1-3-5(6)7-4-2/h17-18,31H,8-16H2,1-7H3,(H,27,29)(H,28,30);17-18,29H,8-16H2,1-7H3;10,12-13,25-26H,11H2,1-9H3;3-10H2,1-2H3;3-4H2,1-2H3. The highest BCUT2D eigenvalue weighted by atomic mass is 16.5. The average molecular weight is 1510 g/mol. The Balaban J connectivity index is 0.00000141. The number of nitrogens with one attached hydrogen (secondary N) is 2. The first kappa shape index (κ1) is 101. The molecule has 0 saturated heterocycles. The second kappa shape index (κ2) is 49.9. The number of aromatic hydroxyl groups is 4. The van der Waals surface area contributed by atoms with Gasteiger partial charge in [-0.15, -0.1) is 0 Å². The Kier molecular flexibility index (Phi) is 46.6. The molecule has 2 amide bonds. The number of unbranched alkanes of at least 4 members (excludes halogenated alkanes) is 11. The van der Waals surface area contributed by atoms with Crippen molar-refractivity contribution in [3.63, 3.8) is 0 Å². The van der Waals surface area contributed by atoms with Gasteiger partial charge >= 0.3 is 23.9 Å². The molecule has 0 fully saturated rings. The van der Waals surface area contributed by atoms with Crippen molar-refractivity contribution in [2.45, 2.75) is 367 Å². The van der Waals surface area contributed by atoms with Crippen molar-refractivity contribution >= 4 is 35.7 Å². The second-order valence-corrected chi connectivity index (χ2v) is 34.9. The molecular formula is C92H152N2O14. The van der Waals surface area contributed by atoms with Crippen molar-refractivity contribution in [2.24, 2.45) is 0 Å². The zero-order valence-corrected chi connectivity index (χ0v) is 72.9. The quantitative estimate of drug-likeness (QED) is 0.0145. The molecule has 0 unspecified atom stereocenters. The van der Waals surface area contributed by atoms with Crippen LogP contribution >= 0.6 is 0 Å². The van der Waals surface area contributed by atoms with Gasteiger partial charge in [-0.05, 0) is 197 Å². The molecule has 0 saturated carbocycles. The first-order valence-corrected chi connectivity index (χ1v) is 40.6. The predicted octanol–water partition coefficient (Wildman–Crippen LogP) is 21.6. The Morgan fingerprint density at radius 2 is 0.639 bits per heavy atom. The number of ether oxygens (including phenoxy) is 4. The van der Waals surface area contributed by atoms with Gasteiger partial charge in [0.25, 0.3) is 0 Å². The Morgan fingerprint density at radius 1 is 0.333 bits per heavy atom. The number of hydrogen-bond acceptors (Lipinski definition) is 14. The minimum absolute atomic E-state index is 0.0675. The van der Waals surface area contributed by atoms with E-state index >= 15 is 0 Å². The number of aryl methyl sites for hydroxylation is 3. The number of benzene rings is 4. The molecule has 108 heavy (non-hydrogen) atoms. The van der Waals surface area contributed by atoms with E-state index in [1.807, 2.05) is 46.8 Å². The number of carbonyl (C=O) groups is 6. The van der Waals surface area contributed by atoms with Crippen LogP contribution in [0.2, 0.25) is 0 Å². The van der Waals surface area contributed by atoms with Crippen LogP contribution in [0.5, 0.6) is 23.0 Å². The van der Waals surface area contributed by atoms with Crippen LogP contribution in [0, 0.1) is 20.8 Å². The molecule has 0 aliphatic heterocycles. The topological polar surface area (TPSA) is 244 Å². The van der Waals surface area contributed by atoms with Crippen LogP contribution in [-0.2, 0) is 99.5 Å². The predicted molar refractivity (Wildman–Crippen MR) is 445 cm³/mol. The fourth-order valence-corrected chi connectivity index (χ4v) is 11.7. The molecule has 0 aliphatic carbocycles. The van der Waals surface area contributed by atoms with Crippen LogP contribution in [0.3, 0.4) is 0 Å². The maximum Gasteiger partial charge on any atom is 0.306 e. The lowest BCUT2D eigenvalue weighted by atomic mass is 9.77. The van der Waals surface area contributed by atoms with Crippen LogP contribution in [-0.4, -0.2) is 95.6 Å². The number of esters is 4. The van der Waals surface area contributed by atoms with E-state index in [-0.39, 0.29) is 68.2 Å². The monoisotopic (exact) mass is 1510 g/mol. The number of rotatable bonds is 34. The number of phenolic OH excluding ortho intramolecular Hbond substituents is 4. The molecular weight excluding hydrogens is 1360 g/mol. The third-order valence-electron chi connectivity index (χ3n) is 18.8. The van der Waals surface area contributed by atoms with Gasteiger partial charge in [-0.2, -0.15) is 0 Å². The van der Waals surface area contributed by atoms with Crippen LogP contribution in [0.4, 0.5) is 0 Å². The first-order valence-electron chi connectivity index (χ1n) is 40.6. The summed E-state index contributed by atoms with van der Waals surface area (Å²) in [5.74, 6) is 1.16. The lowest BCUT2D eigenvalue weighted by Gasteiger charge is -2.28. The van der Waals surface area contributed by atoms with Crippen LogP contribution in [0.1, 0.15) is 367 Å². The smallest absolute Gasteiger partial charge is 0.306 e. The lowest BCUT2D eigenvalue weighted by molar-refractivity contribution is -0.144. The largest absolute Gasteiger partial charge is 0.507 e. The minimum atomic E-state index is -0.195. The molecule has 0 atom stereocenters. The van der Waals surface area contributed by atoms with Crippen LogP contribution in [0.15, 0.2) is 42.5 Å². The van der Waals surface area contributed by atoms with Gasteiger partial charge in [-0.3, -0.25) is 28.8 Å². The van der Waals surface area contributed by atoms with Crippen LogP contribution < -0.4 is 10.6 Å². The molecule has 6 N–H and O–H groups in total. The molecule has 0 aliphatic rings. The molecule has 16 nitrogen and oxygen atoms in total. The van der Waals surface area contributed by atoms with Crippen molar-refractivity contribution in [1.82, 2.24) is 10.6 Å². The first-order chi connectivity index (χ1) is 50.1. The number of hydrogen-bond donors (Lipinski definition) is 6. The van der Waals surface area contributed by atoms with E-state index in [4.69, 9.17) is 14.2 Å². The number of carbonyl (C=O) groups excluding carboxylic acids is 6. The molecule has 4 rings (SSSR count). The zero-order valence-electron chi connectivity index (χ0n) is 72.9. The fourth-order valence-electron chi connectivity index (χ4n) is 11.7. The van der Waals surface area contributed by atoms with Gasteiger partial charge in [-0.25, -0.2) is 0 Å². The second-order valence-electron chi connectivity index (χ2n) is 34.9. The number of phenols is 4. The molecule has 0 radical (unpaired) electrons. The number of amides is 2. The van der Waals surface area contributed by atoms with Gasteiger partial charge in [0.15, 0.2) is 0 Å². The highest BCUT2D eigenvalue weighted by Crippen LogP contribution is 2.43. The summed E-state index contributed by atoms with van der Waals surface area (Å²) in [4.78, 5) is 67.6. The molecule has 4 aromatic rings. The molecule has 16 heteroatoms. The van der Waals surface area contributed by atoms with Crippen molar-refractivity contribution in [1.29, 1.82) is 0 Å². The summed E-state index contributed by atoms with van der Waals surface area (Å²) in [6, 6.07) is 14.5. The Bertz CT molecular complexity index is 3120. The lowest BCUT2D eigenvalue weighted by Crippen LogP contribution is -2.25. The average Bonchev–Trinajstić information content (AvgIpc) is 0.786. The molecule has 4 aromatic carbocycles. The van der Waals surface area contributed by atoms with Gasteiger partial charge in [0, 0.05) is 51.6 Å². The van der Waals surface area contributed by atoms with E-state index < -0.39 is 0 Å². The summed E-state index contributed by atoms with van der Waals surface area (Å²) in [5, 5.41) is 48.8.